The van der Waals surface area contributed by atoms with Gasteiger partial charge in [-0.1, -0.05) is 0 Å². The SMILES string of the molecule is CC(C)O.Cc1cnc(C[C@H](C)S(=O)(=O)Nc2nnc([C@H]3CC[C@@H](C)O3)n2C2CCOCC2)cn1.[HH]. The van der Waals surface area contributed by atoms with Crippen LogP contribution in [0.25, 0.3) is 0 Å². The molecule has 2 fully saturated rings. The highest BCUT2D eigenvalue weighted by molar-refractivity contribution is 7.93. The third kappa shape index (κ3) is 7.66. The molecule has 0 aromatic carbocycles. The Labute approximate surface area is 209 Å². The van der Waals surface area contributed by atoms with E-state index in [1.807, 2.05) is 18.4 Å². The van der Waals surface area contributed by atoms with Gasteiger partial charge in [-0.3, -0.25) is 19.3 Å². The number of rotatable bonds is 7. The minimum atomic E-state index is -3.72. The zero-order chi connectivity index (χ0) is 25.6. The zero-order valence-corrected chi connectivity index (χ0v) is 22.0. The molecular formula is C23H40N6O5S. The molecule has 0 bridgehead atoms. The molecular weight excluding hydrogens is 472 g/mol. The summed E-state index contributed by atoms with van der Waals surface area (Å²) in [6.07, 6.45) is 6.65. The Morgan fingerprint density at radius 3 is 2.40 bits per heavy atom. The van der Waals surface area contributed by atoms with E-state index < -0.39 is 15.3 Å². The topological polar surface area (TPSA) is 141 Å². The zero-order valence-electron chi connectivity index (χ0n) is 21.2. The molecule has 0 saturated carbocycles. The molecule has 2 aliphatic rings. The van der Waals surface area contributed by atoms with Crippen LogP contribution >= 0.6 is 0 Å². The van der Waals surface area contributed by atoms with Crippen LogP contribution in [-0.2, 0) is 25.9 Å². The molecule has 0 unspecified atom stereocenters. The van der Waals surface area contributed by atoms with Crippen LogP contribution in [0.4, 0.5) is 5.95 Å². The summed E-state index contributed by atoms with van der Waals surface area (Å²) in [5, 5.41) is 15.9. The molecule has 4 heterocycles. The highest BCUT2D eigenvalue weighted by Crippen LogP contribution is 2.36. The first kappa shape index (κ1) is 27.4. The summed E-state index contributed by atoms with van der Waals surface area (Å²) in [4.78, 5) is 8.47. The molecule has 0 radical (unpaired) electrons. The van der Waals surface area contributed by atoms with E-state index in [-0.39, 0.29) is 38.1 Å². The van der Waals surface area contributed by atoms with Crippen molar-refractivity contribution in [1.82, 2.24) is 24.7 Å². The van der Waals surface area contributed by atoms with E-state index in [0.717, 1.165) is 31.4 Å². The van der Waals surface area contributed by atoms with Gasteiger partial charge in [-0.05, 0) is 60.3 Å². The number of aryl methyl sites for hydroxylation is 1. The summed E-state index contributed by atoms with van der Waals surface area (Å²) in [6, 6.07) is 0.0641. The minimum absolute atomic E-state index is 0. The summed E-state index contributed by atoms with van der Waals surface area (Å²) in [6.45, 7) is 10.2. The smallest absolute Gasteiger partial charge is 0.238 e. The molecule has 2 aromatic heterocycles. The first-order valence-electron chi connectivity index (χ1n) is 12.2. The van der Waals surface area contributed by atoms with Crippen molar-refractivity contribution in [3.05, 3.63) is 29.6 Å². The molecule has 35 heavy (non-hydrogen) atoms. The van der Waals surface area contributed by atoms with E-state index in [0.29, 0.717) is 24.7 Å². The summed E-state index contributed by atoms with van der Waals surface area (Å²) in [5.41, 5.74) is 1.42. The van der Waals surface area contributed by atoms with Crippen molar-refractivity contribution in [1.29, 1.82) is 0 Å². The van der Waals surface area contributed by atoms with Crippen molar-refractivity contribution in [2.75, 3.05) is 17.9 Å². The van der Waals surface area contributed by atoms with Gasteiger partial charge in [0.15, 0.2) is 5.82 Å². The quantitative estimate of drug-likeness (QED) is 0.572. The molecule has 0 amide bonds. The van der Waals surface area contributed by atoms with Crippen LogP contribution in [0.3, 0.4) is 0 Å². The minimum Gasteiger partial charge on any atom is -0.394 e. The molecule has 4 rings (SSSR count). The fraction of sp³-hybridized carbons (Fsp3) is 0.739. The molecule has 2 saturated heterocycles. The summed E-state index contributed by atoms with van der Waals surface area (Å²) >= 11 is 0. The number of nitrogens with zero attached hydrogens (tertiary/aromatic N) is 5. The normalized spacial score (nSPS) is 22.0. The summed E-state index contributed by atoms with van der Waals surface area (Å²) in [7, 11) is -3.72. The van der Waals surface area contributed by atoms with Crippen LogP contribution < -0.4 is 4.72 Å². The van der Waals surface area contributed by atoms with Gasteiger partial charge in [-0.25, -0.2) is 8.42 Å². The number of ether oxygens (including phenoxy) is 2. The number of hydrogen-bond donors (Lipinski definition) is 2. The molecule has 2 aliphatic heterocycles. The monoisotopic (exact) mass is 512 g/mol. The second-order valence-corrected chi connectivity index (χ2v) is 11.6. The number of aliphatic hydroxyl groups excluding tert-OH is 1. The first-order chi connectivity index (χ1) is 16.6. The number of anilines is 1. The van der Waals surface area contributed by atoms with E-state index in [1.54, 1.807) is 33.2 Å². The van der Waals surface area contributed by atoms with Gasteiger partial charge in [0.1, 0.15) is 6.10 Å². The summed E-state index contributed by atoms with van der Waals surface area (Å²) in [5.74, 6) is 0.929. The van der Waals surface area contributed by atoms with Gasteiger partial charge in [0.2, 0.25) is 16.0 Å². The van der Waals surface area contributed by atoms with Crippen LogP contribution in [0.5, 0.6) is 0 Å². The lowest BCUT2D eigenvalue weighted by Crippen LogP contribution is -2.30. The van der Waals surface area contributed by atoms with E-state index in [2.05, 4.69) is 24.9 Å². The van der Waals surface area contributed by atoms with Gasteiger partial charge in [0.25, 0.3) is 0 Å². The van der Waals surface area contributed by atoms with Crippen LogP contribution in [-0.4, -0.2) is 68.9 Å². The lowest BCUT2D eigenvalue weighted by atomic mass is 10.1. The third-order valence-corrected chi connectivity index (χ3v) is 7.59. The van der Waals surface area contributed by atoms with Crippen LogP contribution in [0.1, 0.15) is 84.2 Å². The lowest BCUT2D eigenvalue weighted by molar-refractivity contribution is 0.0397. The van der Waals surface area contributed by atoms with Crippen LogP contribution in [0.2, 0.25) is 0 Å². The highest BCUT2D eigenvalue weighted by Gasteiger charge is 2.34. The molecule has 2 aromatic rings. The molecule has 12 heteroatoms. The maximum Gasteiger partial charge on any atom is 0.238 e. The number of aromatic nitrogens is 5. The Balaban J connectivity index is 0.000000850. The van der Waals surface area contributed by atoms with E-state index in [4.69, 9.17) is 14.6 Å². The Morgan fingerprint density at radius 2 is 1.83 bits per heavy atom. The van der Waals surface area contributed by atoms with Gasteiger partial charge in [-0.15, -0.1) is 10.2 Å². The fourth-order valence-electron chi connectivity index (χ4n) is 4.05. The fourth-order valence-corrected chi connectivity index (χ4v) is 5.03. The van der Waals surface area contributed by atoms with Gasteiger partial charge < -0.3 is 14.6 Å². The summed E-state index contributed by atoms with van der Waals surface area (Å²) < 4.78 is 42.3. The second-order valence-electron chi connectivity index (χ2n) is 9.51. The van der Waals surface area contributed by atoms with Gasteiger partial charge in [0, 0.05) is 45.6 Å². The Kier molecular flexibility index (Phi) is 9.56. The van der Waals surface area contributed by atoms with Crippen molar-refractivity contribution in [2.45, 2.75) is 96.3 Å². The van der Waals surface area contributed by atoms with Crippen molar-refractivity contribution in [3.63, 3.8) is 0 Å². The molecule has 3 atom stereocenters. The van der Waals surface area contributed by atoms with Crippen molar-refractivity contribution in [3.8, 4) is 0 Å². The van der Waals surface area contributed by atoms with Crippen molar-refractivity contribution < 1.29 is 24.4 Å². The Bertz CT molecular complexity index is 1040. The van der Waals surface area contributed by atoms with E-state index >= 15 is 0 Å². The highest BCUT2D eigenvalue weighted by atomic mass is 32.2. The lowest BCUT2D eigenvalue weighted by Gasteiger charge is -2.27. The predicted octanol–water partition coefficient (Wildman–Crippen LogP) is 2.97. The molecule has 198 valence electrons. The molecule has 0 spiro atoms. The maximum atomic E-state index is 13.1. The first-order valence-corrected chi connectivity index (χ1v) is 13.8. The van der Waals surface area contributed by atoms with E-state index in [1.165, 1.54) is 0 Å². The Hall–Kier alpha value is -2.15. The maximum absolute atomic E-state index is 13.1. The molecule has 0 aliphatic carbocycles. The third-order valence-electron chi connectivity index (χ3n) is 5.89. The van der Waals surface area contributed by atoms with Crippen molar-refractivity contribution in [2.24, 2.45) is 0 Å². The average Bonchev–Trinajstić information content (AvgIpc) is 3.41. The molecule has 11 nitrogen and oxygen atoms in total. The molecule has 2 N–H and O–H groups in total. The Morgan fingerprint density at radius 1 is 1.14 bits per heavy atom. The number of hydrogen-bond acceptors (Lipinski definition) is 9. The number of aliphatic hydroxyl groups is 1. The average molecular weight is 513 g/mol. The van der Waals surface area contributed by atoms with Crippen LogP contribution in [0, 0.1) is 6.92 Å². The number of nitrogens with one attached hydrogen (secondary N) is 1. The standard InChI is InChI=1S/C20H30N6O4S.C3H8O.H2/c1-13-11-22-16(12-21-13)10-15(3)31(27,28)25-20-24-23-19(18-5-4-14(2)30-18)26(20)17-6-8-29-9-7-17;1-3(2)4;/h11-12,14-15,17-18H,4-10H2,1-3H3,(H,24,25);3-4H,1-2H3;1H/t14-,15+,18-;;/m1../s1. The van der Waals surface area contributed by atoms with Crippen LogP contribution in [0.15, 0.2) is 12.4 Å². The predicted molar refractivity (Wildman–Crippen MR) is 134 cm³/mol. The second kappa shape index (κ2) is 12.2. The van der Waals surface area contributed by atoms with E-state index in [9.17, 15) is 8.42 Å². The van der Waals surface area contributed by atoms with Gasteiger partial charge in [0.05, 0.1) is 22.7 Å². The number of sulfonamides is 1. The van der Waals surface area contributed by atoms with Gasteiger partial charge >= 0.3 is 0 Å². The van der Waals surface area contributed by atoms with Crippen molar-refractivity contribution >= 4 is 16.0 Å². The largest absolute Gasteiger partial charge is 0.394 e. The van der Waals surface area contributed by atoms with Gasteiger partial charge in [-0.2, -0.15) is 0 Å².